The first-order chi connectivity index (χ1) is 8.58. The number of hydrogen-bond donors (Lipinski definition) is 2. The fourth-order valence-electron chi connectivity index (χ4n) is 1.99. The molecule has 0 unspecified atom stereocenters. The molecule has 2 N–H and O–H groups in total. The molecule has 96 valence electrons. The molecule has 0 fully saturated rings. The van der Waals surface area contributed by atoms with Crippen LogP contribution in [0.25, 0.3) is 0 Å². The van der Waals surface area contributed by atoms with Crippen molar-refractivity contribution in [1.82, 2.24) is 4.98 Å². The van der Waals surface area contributed by atoms with E-state index in [0.29, 0.717) is 18.0 Å². The topological polar surface area (TPSA) is 79.3 Å². The highest BCUT2D eigenvalue weighted by Crippen LogP contribution is 2.27. The quantitative estimate of drug-likeness (QED) is 0.821. The summed E-state index contributed by atoms with van der Waals surface area (Å²) in [7, 11) is 0. The zero-order valence-electron chi connectivity index (χ0n) is 9.92. The highest BCUT2D eigenvalue weighted by Gasteiger charge is 2.34. The predicted octanol–water partition coefficient (Wildman–Crippen LogP) is 2.06. The van der Waals surface area contributed by atoms with Crippen molar-refractivity contribution in [3.8, 4) is 0 Å². The molecule has 0 saturated heterocycles. The number of carbonyl (C=O) groups excluding carboxylic acids is 1. The molecule has 0 spiro atoms. The number of allylic oxidation sites excluding steroid dienone is 2. The second kappa shape index (κ2) is 5.30. The molecule has 5 nitrogen and oxygen atoms in total. The number of amides is 1. The van der Waals surface area contributed by atoms with Crippen LogP contribution in [0.1, 0.15) is 17.7 Å². The number of carboxylic acids is 1. The lowest BCUT2D eigenvalue weighted by molar-refractivity contribution is -0.146. The summed E-state index contributed by atoms with van der Waals surface area (Å²) in [6.07, 6.45) is 6.22. The van der Waals surface area contributed by atoms with E-state index in [-0.39, 0.29) is 5.91 Å². The summed E-state index contributed by atoms with van der Waals surface area (Å²) >= 11 is 1.38. The Morgan fingerprint density at radius 2 is 2.06 bits per heavy atom. The Labute approximate surface area is 109 Å². The fourth-order valence-corrected chi connectivity index (χ4v) is 2.65. The number of carbonyl (C=O) groups is 2. The van der Waals surface area contributed by atoms with E-state index in [0.717, 1.165) is 4.88 Å². The average molecular weight is 266 g/mol. The van der Waals surface area contributed by atoms with E-state index in [4.69, 9.17) is 5.11 Å². The highest BCUT2D eigenvalue weighted by atomic mass is 32.1. The van der Waals surface area contributed by atoms with Crippen LogP contribution in [-0.4, -0.2) is 22.0 Å². The summed E-state index contributed by atoms with van der Waals surface area (Å²) in [5, 5.41) is 12.3. The van der Waals surface area contributed by atoms with E-state index in [1.807, 2.05) is 19.1 Å². The molecule has 1 aliphatic rings. The number of hydrogen-bond acceptors (Lipinski definition) is 4. The lowest BCUT2D eigenvalue weighted by Crippen LogP contribution is -2.34. The van der Waals surface area contributed by atoms with Gasteiger partial charge in [-0.3, -0.25) is 9.59 Å². The van der Waals surface area contributed by atoms with Gasteiger partial charge in [-0.25, -0.2) is 4.98 Å². The number of carboxylic acid groups (broad SMARTS) is 1. The van der Waals surface area contributed by atoms with Crippen molar-refractivity contribution < 1.29 is 14.7 Å². The van der Waals surface area contributed by atoms with Crippen molar-refractivity contribution in [3.05, 3.63) is 23.2 Å². The first kappa shape index (κ1) is 12.8. The Kier molecular flexibility index (Phi) is 3.76. The van der Waals surface area contributed by atoms with Gasteiger partial charge in [-0.2, -0.15) is 0 Å². The minimum Gasteiger partial charge on any atom is -0.481 e. The van der Waals surface area contributed by atoms with E-state index < -0.39 is 17.8 Å². The SMILES string of the molecule is Cc1cnc(NC(=O)[C@@H]2CC=CC[C@@H]2C(=O)O)s1. The Hall–Kier alpha value is -1.69. The van der Waals surface area contributed by atoms with Crippen LogP contribution in [0, 0.1) is 18.8 Å². The molecule has 0 radical (unpaired) electrons. The molecule has 1 aromatic rings. The van der Waals surface area contributed by atoms with Gasteiger partial charge in [-0.05, 0) is 19.8 Å². The third kappa shape index (κ3) is 2.76. The largest absolute Gasteiger partial charge is 0.481 e. The zero-order valence-corrected chi connectivity index (χ0v) is 10.7. The maximum Gasteiger partial charge on any atom is 0.307 e. The Bertz CT molecular complexity index is 495. The number of thiazole rings is 1. The van der Waals surface area contributed by atoms with Crippen LogP contribution in [0.5, 0.6) is 0 Å². The van der Waals surface area contributed by atoms with E-state index in [2.05, 4.69) is 10.3 Å². The molecule has 2 atom stereocenters. The van der Waals surface area contributed by atoms with E-state index in [1.165, 1.54) is 11.3 Å². The molecular weight excluding hydrogens is 252 g/mol. The number of aliphatic carboxylic acids is 1. The maximum atomic E-state index is 12.0. The summed E-state index contributed by atoms with van der Waals surface area (Å²) in [5.74, 6) is -2.34. The third-order valence-corrected chi connectivity index (χ3v) is 3.77. The van der Waals surface area contributed by atoms with Crippen molar-refractivity contribution in [2.45, 2.75) is 19.8 Å². The predicted molar refractivity (Wildman–Crippen MR) is 68.5 cm³/mol. The number of aromatic nitrogens is 1. The molecule has 0 saturated carbocycles. The average Bonchev–Trinajstić information content (AvgIpc) is 2.74. The van der Waals surface area contributed by atoms with Crippen LogP contribution >= 0.6 is 11.3 Å². The van der Waals surface area contributed by atoms with Crippen molar-refractivity contribution in [1.29, 1.82) is 0 Å². The van der Waals surface area contributed by atoms with Gasteiger partial charge in [0.05, 0.1) is 11.8 Å². The van der Waals surface area contributed by atoms with Crippen LogP contribution in [0.4, 0.5) is 5.13 Å². The molecule has 1 heterocycles. The summed E-state index contributed by atoms with van der Waals surface area (Å²) in [6, 6.07) is 0. The van der Waals surface area contributed by atoms with Crippen LogP contribution in [-0.2, 0) is 9.59 Å². The Balaban J connectivity index is 2.07. The minimum absolute atomic E-state index is 0.263. The first-order valence-electron chi connectivity index (χ1n) is 5.69. The highest BCUT2D eigenvalue weighted by molar-refractivity contribution is 7.15. The summed E-state index contributed by atoms with van der Waals surface area (Å²) in [5.41, 5.74) is 0. The standard InChI is InChI=1S/C12H14N2O3S/c1-7-6-13-12(18-7)14-10(15)8-4-2-3-5-9(8)11(16)17/h2-3,6,8-9H,4-5H2,1H3,(H,16,17)(H,13,14,15)/t8-,9+/m1/s1. The lowest BCUT2D eigenvalue weighted by Gasteiger charge is -2.23. The maximum absolute atomic E-state index is 12.0. The number of aryl methyl sites for hydroxylation is 1. The molecular formula is C12H14N2O3S. The van der Waals surface area contributed by atoms with E-state index in [1.54, 1.807) is 6.20 Å². The Morgan fingerprint density at radius 1 is 1.39 bits per heavy atom. The molecule has 1 aromatic heterocycles. The van der Waals surface area contributed by atoms with Crippen LogP contribution < -0.4 is 5.32 Å². The van der Waals surface area contributed by atoms with Gasteiger partial charge in [0.25, 0.3) is 0 Å². The molecule has 1 amide bonds. The number of anilines is 1. The smallest absolute Gasteiger partial charge is 0.307 e. The third-order valence-electron chi connectivity index (χ3n) is 2.94. The summed E-state index contributed by atoms with van der Waals surface area (Å²) in [6.45, 7) is 1.90. The second-order valence-corrected chi connectivity index (χ2v) is 5.49. The van der Waals surface area contributed by atoms with Gasteiger partial charge in [0.2, 0.25) is 5.91 Å². The van der Waals surface area contributed by atoms with Gasteiger partial charge in [0, 0.05) is 11.1 Å². The normalized spacial score (nSPS) is 22.7. The van der Waals surface area contributed by atoms with Gasteiger partial charge < -0.3 is 10.4 Å². The van der Waals surface area contributed by atoms with Gasteiger partial charge >= 0.3 is 5.97 Å². The molecule has 0 aliphatic heterocycles. The van der Waals surface area contributed by atoms with Gasteiger partial charge in [-0.15, -0.1) is 11.3 Å². The molecule has 2 rings (SSSR count). The molecule has 0 bridgehead atoms. The van der Waals surface area contributed by atoms with Crippen molar-refractivity contribution in [3.63, 3.8) is 0 Å². The van der Waals surface area contributed by atoms with Crippen molar-refractivity contribution in [2.75, 3.05) is 5.32 Å². The molecule has 1 aliphatic carbocycles. The van der Waals surface area contributed by atoms with E-state index in [9.17, 15) is 9.59 Å². The minimum atomic E-state index is -0.921. The number of rotatable bonds is 3. The molecule has 18 heavy (non-hydrogen) atoms. The van der Waals surface area contributed by atoms with Gasteiger partial charge in [0.1, 0.15) is 0 Å². The zero-order chi connectivity index (χ0) is 13.1. The fraction of sp³-hybridized carbons (Fsp3) is 0.417. The lowest BCUT2D eigenvalue weighted by atomic mass is 9.82. The van der Waals surface area contributed by atoms with Crippen molar-refractivity contribution in [2.24, 2.45) is 11.8 Å². The van der Waals surface area contributed by atoms with Crippen LogP contribution in [0.3, 0.4) is 0 Å². The number of nitrogens with zero attached hydrogens (tertiary/aromatic N) is 1. The summed E-state index contributed by atoms with van der Waals surface area (Å²) in [4.78, 5) is 28.2. The Morgan fingerprint density at radius 3 is 2.61 bits per heavy atom. The van der Waals surface area contributed by atoms with E-state index >= 15 is 0 Å². The molecule has 6 heteroatoms. The van der Waals surface area contributed by atoms with Crippen molar-refractivity contribution >= 4 is 28.3 Å². The monoisotopic (exact) mass is 266 g/mol. The van der Waals surface area contributed by atoms with Gasteiger partial charge in [0.15, 0.2) is 5.13 Å². The summed E-state index contributed by atoms with van der Waals surface area (Å²) < 4.78 is 0. The van der Waals surface area contributed by atoms with Crippen LogP contribution in [0.15, 0.2) is 18.3 Å². The second-order valence-electron chi connectivity index (χ2n) is 4.26. The number of nitrogens with one attached hydrogen (secondary N) is 1. The molecule has 0 aromatic carbocycles. The van der Waals surface area contributed by atoms with Gasteiger partial charge in [-0.1, -0.05) is 12.2 Å². The van der Waals surface area contributed by atoms with Crippen LogP contribution in [0.2, 0.25) is 0 Å². The first-order valence-corrected chi connectivity index (χ1v) is 6.50.